The molecule has 3 N–H and O–H groups in total. The summed E-state index contributed by atoms with van der Waals surface area (Å²) in [5.41, 5.74) is -0.435. The maximum atomic E-state index is 12.6. The number of rotatable bonds is 9. The smallest absolute Gasteiger partial charge is 0.413 e. The van der Waals surface area contributed by atoms with Crippen molar-refractivity contribution in [2.45, 2.75) is 97.0 Å². The van der Waals surface area contributed by atoms with Crippen LogP contribution in [-0.2, 0) is 33.3 Å². The first-order valence-electron chi connectivity index (χ1n) is 11.9. The number of carbonyl (C=O) groups excluding carboxylic acids is 2. The van der Waals surface area contributed by atoms with Gasteiger partial charge in [0.15, 0.2) is 11.9 Å². The molecule has 2 rings (SSSR count). The number of carbonyl (C=O) groups is 3. The van der Waals surface area contributed by atoms with Gasteiger partial charge < -0.3 is 34.1 Å². The molecule has 0 unspecified atom stereocenters. The van der Waals surface area contributed by atoms with Crippen molar-refractivity contribution in [1.82, 2.24) is 10.6 Å². The molecule has 202 valence electrons. The van der Waals surface area contributed by atoms with Gasteiger partial charge in [-0.2, -0.15) is 0 Å². The van der Waals surface area contributed by atoms with Crippen LogP contribution in [0.3, 0.4) is 0 Å². The molecule has 1 amide bonds. The van der Waals surface area contributed by atoms with Gasteiger partial charge in [-0.25, -0.2) is 14.4 Å². The highest BCUT2D eigenvalue weighted by molar-refractivity contribution is 5.87. The lowest BCUT2D eigenvalue weighted by Gasteiger charge is -2.36. The van der Waals surface area contributed by atoms with Crippen molar-refractivity contribution in [2.75, 3.05) is 6.61 Å². The molecule has 11 heteroatoms. The van der Waals surface area contributed by atoms with Crippen molar-refractivity contribution in [1.29, 1.82) is 0 Å². The summed E-state index contributed by atoms with van der Waals surface area (Å²) < 4.78 is 28.3. The first-order chi connectivity index (χ1) is 16.6. The van der Waals surface area contributed by atoms with Crippen LogP contribution in [0.25, 0.3) is 0 Å². The van der Waals surface area contributed by atoms with E-state index in [2.05, 4.69) is 17.2 Å². The lowest BCUT2D eigenvalue weighted by molar-refractivity contribution is -0.183. The van der Waals surface area contributed by atoms with E-state index in [0.29, 0.717) is 12.2 Å². The molecule has 1 saturated heterocycles. The Balaban J connectivity index is 2.27. The highest BCUT2D eigenvalue weighted by Crippen LogP contribution is 2.32. The summed E-state index contributed by atoms with van der Waals surface area (Å²) in [6.45, 7) is 16.0. The first kappa shape index (κ1) is 29.2. The number of hydrogen-bond donors (Lipinski definition) is 3. The molecular formula is C25H38N2O9. The van der Waals surface area contributed by atoms with Crippen molar-refractivity contribution in [3.8, 4) is 0 Å². The molecular weight excluding hydrogens is 472 g/mol. The maximum absolute atomic E-state index is 12.6. The van der Waals surface area contributed by atoms with E-state index in [1.807, 2.05) is 0 Å². The van der Waals surface area contributed by atoms with Crippen LogP contribution in [0.15, 0.2) is 35.9 Å². The van der Waals surface area contributed by atoms with Gasteiger partial charge in [0.05, 0.1) is 12.6 Å². The number of hydrogen-bond acceptors (Lipinski definition) is 9. The van der Waals surface area contributed by atoms with Gasteiger partial charge in [-0.15, -0.1) is 0 Å². The summed E-state index contributed by atoms with van der Waals surface area (Å²) in [5.74, 6) is -2.85. The summed E-state index contributed by atoms with van der Waals surface area (Å²) in [5, 5.41) is 15.4. The lowest BCUT2D eigenvalue weighted by atomic mass is 9.97. The maximum Gasteiger partial charge on any atom is 0.413 e. The third-order valence-electron chi connectivity index (χ3n) is 5.31. The van der Waals surface area contributed by atoms with Gasteiger partial charge in [0, 0.05) is 12.0 Å². The molecule has 11 nitrogen and oxygen atoms in total. The van der Waals surface area contributed by atoms with Crippen LogP contribution in [0.1, 0.15) is 61.3 Å². The van der Waals surface area contributed by atoms with Gasteiger partial charge in [-0.3, -0.25) is 5.32 Å². The molecule has 4 atom stereocenters. The number of esters is 1. The first-order valence-corrected chi connectivity index (χ1v) is 11.9. The zero-order chi connectivity index (χ0) is 27.3. The fourth-order valence-corrected chi connectivity index (χ4v) is 3.60. The Morgan fingerprint density at radius 1 is 1.31 bits per heavy atom. The highest BCUT2D eigenvalue weighted by atomic mass is 16.8. The normalized spacial score (nSPS) is 24.6. The Hall–Kier alpha value is -3.05. The number of carboxylic acid groups (broad SMARTS) is 1. The topological polar surface area (TPSA) is 142 Å². The summed E-state index contributed by atoms with van der Waals surface area (Å²) in [7, 11) is 0. The largest absolute Gasteiger partial charge is 0.479 e. The van der Waals surface area contributed by atoms with E-state index in [1.54, 1.807) is 54.5 Å². The molecule has 0 aromatic heterocycles. The standard InChI is InChI=1S/C25H38N2O9/c1-9-14(3)22(30)34-20(18-13-32-25(7,8)35-18)16-11-15(12-17(33-16)21(28)29)26-19(10-2)27-23(31)36-24(4,5)6/h10,12,15-16,18,20,26H,3,9,11,13H2,1-2,4-8H3,(H,27,31)(H,28,29)/b19-10+/t15-,16-,18-,20+/m1/s1. The zero-order valence-electron chi connectivity index (χ0n) is 22.0. The fourth-order valence-electron chi connectivity index (χ4n) is 3.60. The molecule has 2 aliphatic rings. The molecule has 0 radical (unpaired) electrons. The van der Waals surface area contributed by atoms with Crippen LogP contribution in [0.5, 0.6) is 0 Å². The Morgan fingerprint density at radius 2 is 1.97 bits per heavy atom. The van der Waals surface area contributed by atoms with E-state index < -0.39 is 53.8 Å². The van der Waals surface area contributed by atoms with E-state index in [4.69, 9.17) is 23.7 Å². The third kappa shape index (κ3) is 8.56. The van der Waals surface area contributed by atoms with Gasteiger partial charge in [0.2, 0.25) is 5.76 Å². The van der Waals surface area contributed by atoms with Crippen molar-refractivity contribution in [2.24, 2.45) is 0 Å². The number of aliphatic carboxylic acids is 1. The molecule has 1 fully saturated rings. The van der Waals surface area contributed by atoms with Gasteiger partial charge in [0.1, 0.15) is 23.6 Å². The van der Waals surface area contributed by atoms with E-state index >= 15 is 0 Å². The SMILES string of the molecule is C=C(CC)C(=O)O[C@@H]([C@H]1C[C@@H](N/C(=C\C)NC(=O)OC(C)(C)C)C=C(C(=O)O)O1)[C@H]1COC(C)(C)O1. The van der Waals surface area contributed by atoms with Crippen molar-refractivity contribution < 1.29 is 43.2 Å². The van der Waals surface area contributed by atoms with Crippen LogP contribution >= 0.6 is 0 Å². The van der Waals surface area contributed by atoms with Crippen LogP contribution in [-0.4, -0.2) is 65.5 Å². The second kappa shape index (κ2) is 11.8. The van der Waals surface area contributed by atoms with Gasteiger partial charge in [0.25, 0.3) is 0 Å². The minimum atomic E-state index is -1.29. The molecule has 0 saturated carbocycles. The number of nitrogens with one attached hydrogen (secondary N) is 2. The Morgan fingerprint density at radius 3 is 2.47 bits per heavy atom. The Bertz CT molecular complexity index is 917. The second-order valence-corrected chi connectivity index (χ2v) is 10.0. The molecule has 0 spiro atoms. The number of alkyl carbamates (subject to hydrolysis) is 1. The van der Waals surface area contributed by atoms with E-state index in [0.717, 1.165) is 0 Å². The minimum absolute atomic E-state index is 0.119. The summed E-state index contributed by atoms with van der Waals surface area (Å²) in [6.07, 6.45) is 0.334. The summed E-state index contributed by atoms with van der Waals surface area (Å²) >= 11 is 0. The number of ether oxygens (including phenoxy) is 5. The van der Waals surface area contributed by atoms with Crippen LogP contribution in [0, 0.1) is 0 Å². The van der Waals surface area contributed by atoms with E-state index in [-0.39, 0.29) is 24.4 Å². The van der Waals surface area contributed by atoms with Crippen LogP contribution in [0.2, 0.25) is 0 Å². The van der Waals surface area contributed by atoms with Crippen LogP contribution in [0.4, 0.5) is 4.79 Å². The molecule has 2 heterocycles. The highest BCUT2D eigenvalue weighted by Gasteiger charge is 2.46. The van der Waals surface area contributed by atoms with E-state index in [1.165, 1.54) is 6.08 Å². The quantitative estimate of drug-likeness (QED) is 0.313. The summed E-state index contributed by atoms with van der Waals surface area (Å²) in [4.78, 5) is 36.7. The Kier molecular flexibility index (Phi) is 9.56. The predicted molar refractivity (Wildman–Crippen MR) is 129 cm³/mol. The van der Waals surface area contributed by atoms with E-state index in [9.17, 15) is 19.5 Å². The summed E-state index contributed by atoms with van der Waals surface area (Å²) in [6, 6.07) is -0.595. The van der Waals surface area contributed by atoms with Crippen LogP contribution < -0.4 is 10.6 Å². The third-order valence-corrected chi connectivity index (χ3v) is 5.31. The molecule has 36 heavy (non-hydrogen) atoms. The van der Waals surface area contributed by atoms with Gasteiger partial charge in [-0.1, -0.05) is 13.5 Å². The van der Waals surface area contributed by atoms with Crippen molar-refractivity contribution in [3.05, 3.63) is 35.9 Å². The average Bonchev–Trinajstić information content (AvgIpc) is 3.13. The average molecular weight is 511 g/mol. The molecule has 0 aromatic rings. The lowest BCUT2D eigenvalue weighted by Crippen LogP contribution is -2.50. The number of amides is 1. The fraction of sp³-hybridized carbons (Fsp3) is 0.640. The second-order valence-electron chi connectivity index (χ2n) is 10.0. The predicted octanol–water partition coefficient (Wildman–Crippen LogP) is 3.12. The minimum Gasteiger partial charge on any atom is -0.479 e. The monoisotopic (exact) mass is 510 g/mol. The number of carboxylic acids is 1. The Labute approximate surface area is 211 Å². The van der Waals surface area contributed by atoms with Gasteiger partial charge in [-0.05, 0) is 60.1 Å². The van der Waals surface area contributed by atoms with Crippen molar-refractivity contribution >= 4 is 18.0 Å². The number of allylic oxidation sites excluding steroid dienone is 1. The molecule has 2 aliphatic heterocycles. The van der Waals surface area contributed by atoms with Gasteiger partial charge >= 0.3 is 18.0 Å². The molecule has 0 aromatic carbocycles. The zero-order valence-corrected chi connectivity index (χ0v) is 22.0. The van der Waals surface area contributed by atoms with Crippen molar-refractivity contribution in [3.63, 3.8) is 0 Å². The molecule has 0 aliphatic carbocycles. The molecule has 0 bridgehead atoms.